The van der Waals surface area contributed by atoms with E-state index >= 15 is 0 Å². The molecule has 0 heterocycles. The third kappa shape index (κ3) is 25.0. The van der Waals surface area contributed by atoms with E-state index in [4.69, 9.17) is 48.0 Å². The van der Waals surface area contributed by atoms with Gasteiger partial charge in [-0.3, -0.25) is 9.59 Å². The number of carbonyl (C=O) groups is 3. The minimum absolute atomic E-state index is 0.000000000000000222. The summed E-state index contributed by atoms with van der Waals surface area (Å²) in [5.41, 5.74) is 6.50. The van der Waals surface area contributed by atoms with Crippen molar-refractivity contribution in [3.8, 4) is 0 Å². The van der Waals surface area contributed by atoms with E-state index in [1.807, 2.05) is 0 Å². The van der Waals surface area contributed by atoms with Crippen LogP contribution in [0.2, 0.25) is 0 Å². The van der Waals surface area contributed by atoms with Crippen molar-refractivity contribution >= 4 is 62.8 Å². The van der Waals surface area contributed by atoms with Crippen LogP contribution in [-0.2, 0) is 29.6 Å². The van der Waals surface area contributed by atoms with E-state index in [-0.39, 0.29) is 5.11 Å². The van der Waals surface area contributed by atoms with Gasteiger partial charge in [0.1, 0.15) is 0 Å². The molecule has 0 bridgehead atoms. The van der Waals surface area contributed by atoms with Crippen molar-refractivity contribution < 1.29 is 50.0 Å². The van der Waals surface area contributed by atoms with E-state index in [0.717, 1.165) is 0 Å². The Morgan fingerprint density at radius 3 is 1.29 bits per heavy atom. The Balaban J connectivity index is -0.000000334. The molecule has 8 N–H and O–H groups in total. The third-order valence-corrected chi connectivity index (χ3v) is 1.29. The molecule has 0 rings (SSSR count). The van der Waals surface area contributed by atoms with E-state index < -0.39 is 51.5 Å². The van der Waals surface area contributed by atoms with Crippen molar-refractivity contribution in [1.29, 1.82) is 0 Å². The van der Waals surface area contributed by atoms with Crippen LogP contribution < -0.4 is 11.5 Å². The predicted octanol–water partition coefficient (Wildman–Crippen LogP) is 0.00620. The molecule has 0 fully saturated rings. The van der Waals surface area contributed by atoms with Crippen LogP contribution in [0.15, 0.2) is 0 Å². The zero-order valence-corrected chi connectivity index (χ0v) is 15.2. The molecule has 130 valence electrons. The second kappa shape index (κ2) is 13.3. The van der Waals surface area contributed by atoms with Gasteiger partial charge in [-0.15, -0.1) is 0 Å². The number of nitrogens with two attached hydrogens (primary N) is 2. The number of hydrogen-bond acceptors (Lipinski definition) is 5. The van der Waals surface area contributed by atoms with Gasteiger partial charge in [0, 0.05) is 0 Å². The Morgan fingerprint density at radius 1 is 1.00 bits per heavy atom. The van der Waals surface area contributed by atoms with Crippen LogP contribution in [0.4, 0.5) is 0 Å². The molecule has 9 nitrogen and oxygen atoms in total. The maximum absolute atomic E-state index is 10.3. The molecule has 0 spiro atoms. The van der Waals surface area contributed by atoms with Crippen LogP contribution >= 0.6 is 39.8 Å². The standard InChI is InChI=1S/C6H8O7.CH4N2S.Au.3ClH/c7-3(8)1-6(13,5(11)12)2-4(9)10;2-1(3)4;;;;/h13H,1-2H2,(H,7,8)(H,9,10)(H,11,12);(H4,2,3,4);;3*1H/q;;+3;;;/p-3. The molecule has 0 saturated carbocycles. The SMILES string of the molecule is NC(N)=S.O=C(O)CC(O)(CC(=O)O)C(=O)O.[Cl][Au]([Cl])[Cl]. The van der Waals surface area contributed by atoms with Crippen molar-refractivity contribution in [2.24, 2.45) is 11.5 Å². The molecule has 21 heavy (non-hydrogen) atoms. The number of hydrogen-bond donors (Lipinski definition) is 6. The Labute approximate surface area is 142 Å². The van der Waals surface area contributed by atoms with Crippen molar-refractivity contribution in [3.05, 3.63) is 0 Å². The van der Waals surface area contributed by atoms with Crippen molar-refractivity contribution in [2.75, 3.05) is 0 Å². The molecule has 0 aliphatic carbocycles. The Bertz CT molecular complexity index is 362. The van der Waals surface area contributed by atoms with Gasteiger partial charge in [0.15, 0.2) is 10.7 Å². The second-order valence-electron chi connectivity index (χ2n) is 3.01. The average Bonchev–Trinajstić information content (AvgIpc) is 2.11. The van der Waals surface area contributed by atoms with Gasteiger partial charge in [-0.25, -0.2) is 4.79 Å². The normalized spacial score (nSPS) is 10.0. The number of carboxylic acids is 3. The van der Waals surface area contributed by atoms with E-state index in [1.165, 1.54) is 0 Å². The second-order valence-corrected chi connectivity index (χ2v) is 12.9. The summed E-state index contributed by atoms with van der Waals surface area (Å²) in [7, 11) is 14.9. The first-order chi connectivity index (χ1) is 9.24. The molecule has 0 aliphatic heterocycles. The fourth-order valence-corrected chi connectivity index (χ4v) is 0.714. The molecule has 0 radical (unpaired) electrons. The van der Waals surface area contributed by atoms with Gasteiger partial charge in [0.2, 0.25) is 0 Å². The minimum atomic E-state index is -2.74. The van der Waals surface area contributed by atoms with Gasteiger partial charge in [-0.05, 0) is 12.2 Å². The molecule has 0 amide bonds. The van der Waals surface area contributed by atoms with Crippen LogP contribution in [0.1, 0.15) is 12.8 Å². The summed E-state index contributed by atoms with van der Waals surface area (Å²) in [6.07, 6.45) is -2.29. The van der Waals surface area contributed by atoms with Gasteiger partial charge >= 0.3 is 60.7 Å². The zero-order chi connectivity index (χ0) is 17.8. The molecule has 0 saturated heterocycles. The summed E-state index contributed by atoms with van der Waals surface area (Å²) in [5, 5.41) is 33.8. The average molecular weight is 572 g/mol. The summed E-state index contributed by atoms with van der Waals surface area (Å²) in [6, 6.07) is 0. The number of rotatable bonds is 5. The Morgan fingerprint density at radius 2 is 1.19 bits per heavy atom. The van der Waals surface area contributed by atoms with Gasteiger partial charge in [0.05, 0.1) is 12.8 Å². The zero-order valence-electron chi connectivity index (χ0n) is 9.93. The number of thiocarbonyl (C=S) groups is 1. The van der Waals surface area contributed by atoms with Crippen molar-refractivity contribution in [2.45, 2.75) is 18.4 Å². The van der Waals surface area contributed by atoms with Crippen LogP contribution in [0, 0.1) is 0 Å². The van der Waals surface area contributed by atoms with Crippen LogP contribution in [0.3, 0.4) is 0 Å². The quantitative estimate of drug-likeness (QED) is 0.194. The van der Waals surface area contributed by atoms with E-state index in [2.05, 4.69) is 23.7 Å². The Hall–Kier alpha value is -0.330. The van der Waals surface area contributed by atoms with Crippen molar-refractivity contribution in [1.82, 2.24) is 0 Å². The molecular weight excluding hydrogens is 559 g/mol. The Kier molecular flexibility index (Phi) is 16.3. The van der Waals surface area contributed by atoms with Gasteiger partial charge in [-0.1, -0.05) is 0 Å². The molecule has 14 heteroatoms. The number of carboxylic acid groups (broad SMARTS) is 3. The molecule has 0 unspecified atom stereocenters. The first kappa shape index (κ1) is 25.6. The summed E-state index contributed by atoms with van der Waals surface area (Å²) in [6.45, 7) is 0. The van der Waals surface area contributed by atoms with Crippen LogP contribution in [0.5, 0.6) is 0 Å². The predicted molar refractivity (Wildman–Crippen MR) is 75.6 cm³/mol. The van der Waals surface area contributed by atoms with E-state index in [9.17, 15) is 14.4 Å². The fourth-order valence-electron chi connectivity index (χ4n) is 0.714. The molecule has 0 aromatic heterocycles. The van der Waals surface area contributed by atoms with E-state index in [0.29, 0.717) is 0 Å². The van der Waals surface area contributed by atoms with Gasteiger partial charge in [-0.2, -0.15) is 0 Å². The van der Waals surface area contributed by atoms with Crippen LogP contribution in [-0.4, -0.2) is 49.0 Å². The molecular formula is C7H12AuCl3N2O7S. The van der Waals surface area contributed by atoms with Gasteiger partial charge in [0.25, 0.3) is 0 Å². The van der Waals surface area contributed by atoms with Gasteiger partial charge < -0.3 is 31.9 Å². The number of halogens is 3. The van der Waals surface area contributed by atoms with Crippen LogP contribution in [0.25, 0.3) is 0 Å². The first-order valence-corrected chi connectivity index (χ1v) is 12.8. The third-order valence-electron chi connectivity index (χ3n) is 1.29. The molecule has 0 aliphatic rings. The number of aliphatic hydroxyl groups is 1. The van der Waals surface area contributed by atoms with E-state index in [1.54, 1.807) is 0 Å². The summed E-state index contributed by atoms with van der Waals surface area (Å²) >= 11 is 2.31. The molecule has 0 aromatic carbocycles. The maximum atomic E-state index is 10.3. The molecule has 0 aromatic rings. The topological polar surface area (TPSA) is 184 Å². The number of aliphatic carboxylic acids is 3. The molecule has 0 atom stereocenters. The summed E-state index contributed by atoms with van der Waals surface area (Å²) < 4.78 is 0. The first-order valence-electron chi connectivity index (χ1n) is 4.29. The summed E-state index contributed by atoms with van der Waals surface area (Å²) in [4.78, 5) is 30.5. The van der Waals surface area contributed by atoms with Crippen molar-refractivity contribution in [3.63, 3.8) is 0 Å². The fraction of sp³-hybridized carbons (Fsp3) is 0.429. The summed E-state index contributed by atoms with van der Waals surface area (Å²) in [5.74, 6) is -5.02. The monoisotopic (exact) mass is 570 g/mol.